The van der Waals surface area contributed by atoms with E-state index in [0.29, 0.717) is 0 Å². The average Bonchev–Trinajstić information content (AvgIpc) is 2.48. The number of nitrogens with one attached hydrogen (secondary N) is 2. The van der Waals surface area contributed by atoms with Gasteiger partial charge in [-0.3, -0.25) is 19.2 Å². The minimum atomic E-state index is -1.22. The third-order valence-electron chi connectivity index (χ3n) is 2.25. The first-order chi connectivity index (χ1) is 10.7. The number of amides is 2. The van der Waals surface area contributed by atoms with Gasteiger partial charge in [-0.15, -0.1) is 0 Å². The summed E-state index contributed by atoms with van der Waals surface area (Å²) in [7, 11) is 0. The summed E-state index contributed by atoms with van der Waals surface area (Å²) in [6.45, 7) is -0.567. The number of carboxylic acids is 2. The van der Waals surface area contributed by atoms with E-state index in [2.05, 4.69) is 23.3 Å². The molecule has 0 aromatic carbocycles. The van der Waals surface area contributed by atoms with E-state index in [1.807, 2.05) is 0 Å². The van der Waals surface area contributed by atoms with Crippen LogP contribution in [-0.2, 0) is 19.2 Å². The number of halogens is 2. The Balaban J connectivity index is 0. The van der Waals surface area contributed by atoms with Gasteiger partial charge in [0, 0.05) is 12.2 Å². The fourth-order valence-corrected chi connectivity index (χ4v) is 1.41. The standard InChI is InChI=1S/C10H17N3O6S.Ca.2ClH/c11-5(10(18)19)1-2-7(14)13-6(4-20)9(17)12-3-8(15)16;;;/h5-6,20H,1-4,11H2,(H,12,17)(H,13,14)(H,15,16)(H,18,19);;2*1H/q;+2;;/p-2/t5-,6-;;;/m0.../s1. The molecule has 2 atom stereocenters. The molecule has 0 radical (unpaired) electrons. The van der Waals surface area contributed by atoms with Gasteiger partial charge in [-0.25, -0.2) is 0 Å². The van der Waals surface area contributed by atoms with E-state index in [9.17, 15) is 19.2 Å². The molecule has 2 amide bonds. The number of carboxylic acid groups (broad SMARTS) is 2. The average molecular weight is 418 g/mol. The molecule has 0 spiro atoms. The van der Waals surface area contributed by atoms with Crippen molar-refractivity contribution in [1.29, 1.82) is 0 Å². The number of thiol groups is 1. The Hall–Kier alpha value is 0.0297. The van der Waals surface area contributed by atoms with Crippen LogP contribution in [-0.4, -0.2) is 89.2 Å². The molecule has 0 unspecified atom stereocenters. The third kappa shape index (κ3) is 15.3. The summed E-state index contributed by atoms with van der Waals surface area (Å²) in [5.41, 5.74) is 5.23. The Morgan fingerprint density at radius 3 is 2.13 bits per heavy atom. The van der Waals surface area contributed by atoms with Gasteiger partial charge in [0.2, 0.25) is 11.8 Å². The molecule has 6 N–H and O–H groups in total. The molecule has 0 saturated heterocycles. The predicted octanol–water partition coefficient (Wildman–Crippen LogP) is -1.21. The zero-order valence-corrected chi connectivity index (χ0v) is 16.6. The number of aliphatic carboxylic acids is 2. The third-order valence-corrected chi connectivity index (χ3v) is 2.61. The van der Waals surface area contributed by atoms with Crippen LogP contribution in [0.1, 0.15) is 12.8 Å². The molecule has 130 valence electrons. The van der Waals surface area contributed by atoms with Gasteiger partial charge in [0.05, 0.1) is 0 Å². The summed E-state index contributed by atoms with van der Waals surface area (Å²) in [6.07, 6.45) is 9.67. The van der Waals surface area contributed by atoms with Crippen LogP contribution in [0.4, 0.5) is 0 Å². The number of nitrogens with two attached hydrogens (primary N) is 1. The fourth-order valence-electron chi connectivity index (χ4n) is 1.16. The van der Waals surface area contributed by atoms with Crippen LogP contribution in [0, 0.1) is 0 Å². The molecule has 0 aromatic heterocycles. The second-order valence-corrected chi connectivity index (χ2v) is 8.01. The fraction of sp³-hybridized carbons (Fsp3) is 0.600. The molecule has 9 nitrogen and oxygen atoms in total. The topological polar surface area (TPSA) is 159 Å². The van der Waals surface area contributed by atoms with E-state index >= 15 is 0 Å². The molecular weight excluding hydrogens is 401 g/mol. The zero-order valence-electron chi connectivity index (χ0n) is 12.0. The van der Waals surface area contributed by atoms with Crippen LogP contribution >= 0.6 is 25.4 Å². The van der Waals surface area contributed by atoms with Crippen LogP contribution in [0.15, 0.2) is 0 Å². The molecule has 0 aliphatic carbocycles. The molecule has 0 aliphatic rings. The number of hydrogen-bond donors (Lipinski definition) is 6. The first-order valence-electron chi connectivity index (χ1n) is 6.19. The normalized spacial score (nSPS) is 11.8. The number of carbonyl (C=O) groups is 4. The van der Waals surface area contributed by atoms with Crippen LogP contribution < -0.4 is 16.4 Å². The first-order valence-corrected chi connectivity index (χ1v) is 12.9. The molecule has 0 bridgehead atoms. The van der Waals surface area contributed by atoms with E-state index in [-0.39, 0.29) is 18.6 Å². The van der Waals surface area contributed by atoms with E-state index in [1.54, 1.807) is 0 Å². The molecular formula is C10H17CaCl2N3O6S. The second kappa shape index (κ2) is 15.6. The number of carbonyl (C=O) groups excluding carboxylic acids is 2. The van der Waals surface area contributed by atoms with E-state index in [1.165, 1.54) is 0 Å². The van der Waals surface area contributed by atoms with Crippen molar-refractivity contribution in [3.63, 3.8) is 0 Å². The van der Waals surface area contributed by atoms with Crippen molar-refractivity contribution in [3.05, 3.63) is 0 Å². The molecule has 0 rings (SSSR count). The first kappa shape index (κ1) is 25.3. The van der Waals surface area contributed by atoms with Crippen molar-refractivity contribution >= 4 is 80.0 Å². The monoisotopic (exact) mass is 417 g/mol. The molecule has 23 heavy (non-hydrogen) atoms. The van der Waals surface area contributed by atoms with Gasteiger partial charge in [0.15, 0.2) is 0 Å². The molecule has 13 heteroatoms. The summed E-state index contributed by atoms with van der Waals surface area (Å²) < 4.78 is 0. The van der Waals surface area contributed by atoms with E-state index < -0.39 is 73.2 Å². The summed E-state index contributed by atoms with van der Waals surface area (Å²) in [5.74, 6) is -3.70. The SMILES string of the molecule is N[C@@H](CCC(=O)N[C@@H](CS)C(=O)NCC(=O)O)C(=O)O.[Cl][Ca][Cl]. The van der Waals surface area contributed by atoms with Crippen molar-refractivity contribution in [2.24, 2.45) is 5.73 Å². The summed E-state index contributed by atoms with van der Waals surface area (Å²) in [6, 6.07) is -2.15. The Morgan fingerprint density at radius 2 is 1.74 bits per heavy atom. The van der Waals surface area contributed by atoms with Crippen molar-refractivity contribution in [1.82, 2.24) is 10.6 Å². The molecule has 0 saturated carbocycles. The van der Waals surface area contributed by atoms with Gasteiger partial charge in [-0.1, -0.05) is 0 Å². The maximum absolute atomic E-state index is 11.5. The van der Waals surface area contributed by atoms with Crippen LogP contribution in [0.3, 0.4) is 0 Å². The van der Waals surface area contributed by atoms with Gasteiger partial charge < -0.3 is 26.6 Å². The number of hydrogen-bond acceptors (Lipinski definition) is 6. The molecule has 0 aromatic rings. The molecule has 0 fully saturated rings. The Labute approximate surface area is 161 Å². The quantitative estimate of drug-likeness (QED) is 0.203. The van der Waals surface area contributed by atoms with Gasteiger partial charge in [-0.2, -0.15) is 12.6 Å². The zero-order chi connectivity index (χ0) is 18.4. The Bertz CT molecular complexity index is 418. The van der Waals surface area contributed by atoms with Gasteiger partial charge in [-0.05, 0) is 6.42 Å². The van der Waals surface area contributed by atoms with Crippen LogP contribution in [0.2, 0.25) is 0 Å². The summed E-state index contributed by atoms with van der Waals surface area (Å²) >= 11 is 2.94. The van der Waals surface area contributed by atoms with Crippen LogP contribution in [0.5, 0.6) is 0 Å². The Kier molecular flexibility index (Phi) is 17.1. The van der Waals surface area contributed by atoms with E-state index in [0.717, 1.165) is 0 Å². The number of rotatable bonds is 9. The Morgan fingerprint density at radius 1 is 1.22 bits per heavy atom. The molecule has 0 heterocycles. The second-order valence-electron chi connectivity index (χ2n) is 4.00. The summed E-state index contributed by atoms with van der Waals surface area (Å²) in [4.78, 5) is 43.7. The van der Waals surface area contributed by atoms with Crippen molar-refractivity contribution in [2.45, 2.75) is 24.9 Å². The van der Waals surface area contributed by atoms with Gasteiger partial charge in [0.1, 0.15) is 18.6 Å². The maximum atomic E-state index is 11.5. The van der Waals surface area contributed by atoms with Crippen LogP contribution in [0.25, 0.3) is 0 Å². The molecule has 0 aliphatic heterocycles. The van der Waals surface area contributed by atoms with Crippen molar-refractivity contribution < 1.29 is 29.4 Å². The van der Waals surface area contributed by atoms with Gasteiger partial charge in [0.25, 0.3) is 0 Å². The van der Waals surface area contributed by atoms with E-state index in [4.69, 9.17) is 28.7 Å². The predicted molar refractivity (Wildman–Crippen MR) is 88.7 cm³/mol. The van der Waals surface area contributed by atoms with Crippen molar-refractivity contribution in [3.8, 4) is 0 Å². The summed E-state index contributed by atoms with van der Waals surface area (Å²) in [5, 5.41) is 21.4. The van der Waals surface area contributed by atoms with Crippen molar-refractivity contribution in [2.75, 3.05) is 12.3 Å². The van der Waals surface area contributed by atoms with Gasteiger partial charge >= 0.3 is 55.6 Å². The minimum absolute atomic E-state index is 0.0256.